The molecule has 26 heavy (non-hydrogen) atoms. The number of carbonyl (C=O) groups is 2. The van der Waals surface area contributed by atoms with E-state index in [1.807, 2.05) is 25.2 Å². The zero-order valence-electron chi connectivity index (χ0n) is 14.5. The van der Waals surface area contributed by atoms with Gasteiger partial charge < -0.3 is 0 Å². The predicted molar refractivity (Wildman–Crippen MR) is 102 cm³/mol. The fraction of sp³-hybridized carbons (Fsp3) is 0.250. The first-order chi connectivity index (χ1) is 12.6. The average molecular weight is 365 g/mol. The fourth-order valence-corrected chi connectivity index (χ4v) is 4.29. The first kappa shape index (κ1) is 16.9. The van der Waals surface area contributed by atoms with Crippen molar-refractivity contribution in [1.29, 1.82) is 0 Å². The molecule has 1 aliphatic rings. The van der Waals surface area contributed by atoms with E-state index < -0.39 is 0 Å². The van der Waals surface area contributed by atoms with E-state index in [9.17, 15) is 9.59 Å². The van der Waals surface area contributed by atoms with Gasteiger partial charge in [0.05, 0.1) is 27.9 Å². The molecule has 0 radical (unpaired) electrons. The number of carbonyl (C=O) groups excluding carboxylic acids is 2. The van der Waals surface area contributed by atoms with Crippen molar-refractivity contribution in [2.45, 2.75) is 13.0 Å². The van der Waals surface area contributed by atoms with E-state index in [4.69, 9.17) is 0 Å². The minimum Gasteiger partial charge on any atom is -0.300 e. The lowest BCUT2D eigenvalue weighted by atomic mass is 10.1. The number of nitrogens with zero attached hydrogens (tertiary/aromatic N) is 3. The summed E-state index contributed by atoms with van der Waals surface area (Å²) in [5.74, 6) is -0.362. The smallest absolute Gasteiger partial charge is 0.261 e. The summed E-state index contributed by atoms with van der Waals surface area (Å²) in [6, 6.07) is 15.1. The highest BCUT2D eigenvalue weighted by molar-refractivity contribution is 7.18. The summed E-state index contributed by atoms with van der Waals surface area (Å²) in [4.78, 5) is 32.9. The van der Waals surface area contributed by atoms with Gasteiger partial charge in [0.2, 0.25) is 0 Å². The van der Waals surface area contributed by atoms with E-state index in [-0.39, 0.29) is 11.8 Å². The van der Waals surface area contributed by atoms with Crippen molar-refractivity contribution in [3.63, 3.8) is 0 Å². The third-order valence-corrected chi connectivity index (χ3v) is 5.56. The van der Waals surface area contributed by atoms with Crippen LogP contribution in [0.5, 0.6) is 0 Å². The molecule has 2 heterocycles. The van der Waals surface area contributed by atoms with Crippen molar-refractivity contribution in [2.24, 2.45) is 0 Å². The van der Waals surface area contributed by atoms with Crippen molar-refractivity contribution in [3.8, 4) is 0 Å². The minimum atomic E-state index is -0.181. The van der Waals surface area contributed by atoms with Crippen LogP contribution in [0.2, 0.25) is 0 Å². The van der Waals surface area contributed by atoms with E-state index in [2.05, 4.69) is 16.0 Å². The summed E-state index contributed by atoms with van der Waals surface area (Å²) in [6.45, 7) is 2.00. The van der Waals surface area contributed by atoms with Crippen molar-refractivity contribution in [2.75, 3.05) is 20.1 Å². The highest BCUT2D eigenvalue weighted by Crippen LogP contribution is 2.24. The lowest BCUT2D eigenvalue weighted by Gasteiger charge is -2.18. The maximum absolute atomic E-state index is 12.4. The van der Waals surface area contributed by atoms with Gasteiger partial charge in [-0.3, -0.25) is 19.4 Å². The number of thiazole rings is 1. The summed E-state index contributed by atoms with van der Waals surface area (Å²) < 4.78 is 1.20. The quantitative estimate of drug-likeness (QED) is 0.628. The van der Waals surface area contributed by atoms with Crippen molar-refractivity contribution >= 4 is 33.4 Å². The molecule has 0 aliphatic carbocycles. The second kappa shape index (κ2) is 6.97. The summed E-state index contributed by atoms with van der Waals surface area (Å²) in [5, 5.41) is 1.08. The zero-order chi connectivity index (χ0) is 18.1. The third kappa shape index (κ3) is 3.13. The Morgan fingerprint density at radius 3 is 2.35 bits per heavy atom. The number of para-hydroxylation sites is 1. The number of hydrogen-bond donors (Lipinski definition) is 0. The molecular formula is C20H19N3O2S. The normalized spacial score (nSPS) is 13.8. The molecule has 1 aromatic heterocycles. The molecule has 1 aliphatic heterocycles. The Balaban J connectivity index is 1.32. The number of hydrogen-bond acceptors (Lipinski definition) is 5. The number of amides is 2. The Bertz CT molecular complexity index is 914. The molecule has 4 rings (SSSR count). The van der Waals surface area contributed by atoms with Gasteiger partial charge in [-0.25, -0.2) is 4.98 Å². The molecule has 0 saturated carbocycles. The van der Waals surface area contributed by atoms with Crippen LogP contribution in [0.4, 0.5) is 0 Å². The van der Waals surface area contributed by atoms with Crippen molar-refractivity contribution in [1.82, 2.24) is 14.8 Å². The molecule has 132 valence electrons. The standard InChI is InChI=1S/C20H19N3O2S/c1-22(13-18-21-16-9-4-5-10-17(16)26-18)11-6-12-23-19(24)14-7-2-3-8-15(14)20(23)25/h2-5,7-10H,6,11-13H2,1H3. The lowest BCUT2D eigenvalue weighted by molar-refractivity contribution is 0.0648. The first-order valence-corrected chi connectivity index (χ1v) is 9.43. The molecular weight excluding hydrogens is 346 g/mol. The highest BCUT2D eigenvalue weighted by Gasteiger charge is 2.34. The molecule has 3 aromatic rings. The zero-order valence-corrected chi connectivity index (χ0v) is 15.3. The molecule has 0 saturated heterocycles. The summed E-state index contributed by atoms with van der Waals surface area (Å²) in [5.41, 5.74) is 2.06. The number of benzene rings is 2. The molecule has 2 aromatic carbocycles. The number of fused-ring (bicyclic) bond motifs is 2. The largest absolute Gasteiger partial charge is 0.300 e. The van der Waals surface area contributed by atoms with Gasteiger partial charge in [0.25, 0.3) is 11.8 Å². The van der Waals surface area contributed by atoms with Crippen molar-refractivity contribution < 1.29 is 9.59 Å². The lowest BCUT2D eigenvalue weighted by Crippen LogP contribution is -2.32. The van der Waals surface area contributed by atoms with Crippen LogP contribution in [-0.4, -0.2) is 46.7 Å². The number of imide groups is 1. The first-order valence-electron chi connectivity index (χ1n) is 8.62. The Kier molecular flexibility index (Phi) is 4.53. The van der Waals surface area contributed by atoms with Crippen LogP contribution in [0.15, 0.2) is 48.5 Å². The third-order valence-electron chi connectivity index (χ3n) is 4.54. The van der Waals surface area contributed by atoms with Gasteiger partial charge >= 0.3 is 0 Å². The molecule has 0 fully saturated rings. The number of rotatable bonds is 6. The van der Waals surface area contributed by atoms with E-state index in [0.29, 0.717) is 17.7 Å². The van der Waals surface area contributed by atoms with Crippen molar-refractivity contribution in [3.05, 3.63) is 64.7 Å². The summed E-state index contributed by atoms with van der Waals surface area (Å²) in [7, 11) is 2.04. The second-order valence-electron chi connectivity index (χ2n) is 6.47. The Labute approximate surface area is 155 Å². The molecule has 0 unspecified atom stereocenters. The number of aromatic nitrogens is 1. The van der Waals surface area contributed by atoms with Gasteiger partial charge in [-0.05, 0) is 44.3 Å². The Hall–Kier alpha value is -2.57. The van der Waals surface area contributed by atoms with Gasteiger partial charge in [0.15, 0.2) is 0 Å². The van der Waals surface area contributed by atoms with Crippen LogP contribution in [-0.2, 0) is 6.54 Å². The minimum absolute atomic E-state index is 0.181. The van der Waals surface area contributed by atoms with Gasteiger partial charge in [-0.2, -0.15) is 0 Å². The average Bonchev–Trinajstić information content (AvgIpc) is 3.15. The van der Waals surface area contributed by atoms with Gasteiger partial charge in [0.1, 0.15) is 5.01 Å². The fourth-order valence-electron chi connectivity index (χ4n) is 3.24. The maximum Gasteiger partial charge on any atom is 0.261 e. The molecule has 6 heteroatoms. The van der Waals surface area contributed by atoms with E-state index in [1.165, 1.54) is 9.60 Å². The van der Waals surface area contributed by atoms with E-state index in [0.717, 1.165) is 30.0 Å². The monoisotopic (exact) mass is 365 g/mol. The van der Waals surface area contributed by atoms with Crippen LogP contribution >= 0.6 is 11.3 Å². The van der Waals surface area contributed by atoms with Crippen LogP contribution < -0.4 is 0 Å². The van der Waals surface area contributed by atoms with Crippen LogP contribution in [0, 0.1) is 0 Å². The van der Waals surface area contributed by atoms with E-state index >= 15 is 0 Å². The molecule has 5 nitrogen and oxygen atoms in total. The topological polar surface area (TPSA) is 53.5 Å². The highest BCUT2D eigenvalue weighted by atomic mass is 32.1. The van der Waals surface area contributed by atoms with Crippen LogP contribution in [0.1, 0.15) is 32.1 Å². The molecule has 0 N–H and O–H groups in total. The van der Waals surface area contributed by atoms with Gasteiger partial charge in [0, 0.05) is 6.54 Å². The molecule has 0 atom stereocenters. The predicted octanol–water partition coefficient (Wildman–Crippen LogP) is 3.41. The molecule has 0 bridgehead atoms. The second-order valence-corrected chi connectivity index (χ2v) is 7.59. The maximum atomic E-state index is 12.4. The Morgan fingerprint density at radius 1 is 1.00 bits per heavy atom. The summed E-state index contributed by atoms with van der Waals surface area (Å²) in [6.07, 6.45) is 0.743. The van der Waals surface area contributed by atoms with Crippen LogP contribution in [0.3, 0.4) is 0 Å². The Morgan fingerprint density at radius 2 is 1.65 bits per heavy atom. The molecule has 2 amide bonds. The molecule has 0 spiro atoms. The van der Waals surface area contributed by atoms with Crippen LogP contribution in [0.25, 0.3) is 10.2 Å². The van der Waals surface area contributed by atoms with Gasteiger partial charge in [-0.15, -0.1) is 11.3 Å². The van der Waals surface area contributed by atoms with E-state index in [1.54, 1.807) is 35.6 Å². The SMILES string of the molecule is CN(CCCN1C(=O)c2ccccc2C1=O)Cc1nc2ccccc2s1. The van der Waals surface area contributed by atoms with Gasteiger partial charge in [-0.1, -0.05) is 24.3 Å². The summed E-state index contributed by atoms with van der Waals surface area (Å²) >= 11 is 1.71.